The minimum Gasteiger partial charge on any atom is -0.379 e. The maximum atomic E-state index is 11.9. The first kappa shape index (κ1) is 12.0. The summed E-state index contributed by atoms with van der Waals surface area (Å²) in [6.45, 7) is 2.79. The third kappa shape index (κ3) is 2.81. The van der Waals surface area contributed by atoms with Gasteiger partial charge in [-0.3, -0.25) is 9.78 Å². The van der Waals surface area contributed by atoms with Crippen LogP contribution in [0.4, 0.5) is 0 Å². The number of amides is 1. The van der Waals surface area contributed by atoms with E-state index in [0.717, 1.165) is 5.56 Å². The van der Waals surface area contributed by atoms with Gasteiger partial charge in [0, 0.05) is 18.4 Å². The Morgan fingerprint density at radius 2 is 2.47 bits per heavy atom. The molecule has 0 bridgehead atoms. The Morgan fingerprint density at radius 1 is 1.65 bits per heavy atom. The molecule has 1 amide bonds. The summed E-state index contributed by atoms with van der Waals surface area (Å²) in [4.78, 5) is 16.0. The maximum Gasteiger partial charge on any atom is 0.227 e. The van der Waals surface area contributed by atoms with Crippen LogP contribution in [0, 0.1) is 5.92 Å². The average Bonchev–Trinajstić information content (AvgIpc) is 2.76. The van der Waals surface area contributed by atoms with Crippen LogP contribution in [0.25, 0.3) is 0 Å². The van der Waals surface area contributed by atoms with Crippen molar-refractivity contribution >= 4 is 5.91 Å². The first-order chi connectivity index (χ1) is 8.18. The number of nitrogens with zero attached hydrogens (tertiary/aromatic N) is 1. The Hall–Kier alpha value is -1.46. The van der Waals surface area contributed by atoms with Gasteiger partial charge in [-0.05, 0) is 18.6 Å². The number of nitrogens with two attached hydrogens (primary N) is 1. The Balaban J connectivity index is 1.95. The second-order valence-corrected chi connectivity index (χ2v) is 4.32. The molecule has 1 saturated heterocycles. The lowest BCUT2D eigenvalue weighted by atomic mass is 10.0. The van der Waals surface area contributed by atoms with Crippen molar-refractivity contribution in [2.45, 2.75) is 19.0 Å². The van der Waals surface area contributed by atoms with Crippen LogP contribution in [0.3, 0.4) is 0 Å². The van der Waals surface area contributed by atoms with Crippen LogP contribution in [0.15, 0.2) is 24.5 Å². The normalized spacial score (nSPS) is 25.5. The Bertz CT molecular complexity index is 383. The molecule has 17 heavy (non-hydrogen) atoms. The first-order valence-electron chi connectivity index (χ1n) is 5.72. The van der Waals surface area contributed by atoms with Gasteiger partial charge in [-0.15, -0.1) is 0 Å². The number of aromatic nitrogens is 1. The van der Waals surface area contributed by atoms with Crippen LogP contribution < -0.4 is 11.1 Å². The summed E-state index contributed by atoms with van der Waals surface area (Å²) >= 11 is 0. The molecular formula is C12H17N3O2. The van der Waals surface area contributed by atoms with Crippen molar-refractivity contribution in [1.82, 2.24) is 10.3 Å². The van der Waals surface area contributed by atoms with Gasteiger partial charge in [0.05, 0.1) is 25.2 Å². The number of pyridine rings is 1. The van der Waals surface area contributed by atoms with Crippen LogP contribution in [0.1, 0.15) is 18.5 Å². The van der Waals surface area contributed by atoms with Gasteiger partial charge in [0.2, 0.25) is 5.91 Å². The number of ether oxygens (including phenoxy) is 1. The maximum absolute atomic E-state index is 11.9. The highest BCUT2D eigenvalue weighted by atomic mass is 16.5. The summed E-state index contributed by atoms with van der Waals surface area (Å²) in [6.07, 6.45) is 3.45. The SMILES string of the molecule is C[C@H](NC(=O)C1COCC1N)c1cccnc1. The van der Waals surface area contributed by atoms with Crippen LogP contribution in [-0.4, -0.2) is 30.1 Å². The number of rotatable bonds is 3. The zero-order chi connectivity index (χ0) is 12.3. The molecular weight excluding hydrogens is 218 g/mol. The lowest BCUT2D eigenvalue weighted by Gasteiger charge is -2.18. The Labute approximate surface area is 100 Å². The zero-order valence-corrected chi connectivity index (χ0v) is 9.80. The molecule has 5 nitrogen and oxygen atoms in total. The molecule has 0 aromatic carbocycles. The minimum absolute atomic E-state index is 0.0497. The molecule has 2 rings (SSSR count). The molecule has 2 heterocycles. The number of carbonyl (C=O) groups is 1. The van der Waals surface area contributed by atoms with E-state index in [1.54, 1.807) is 12.4 Å². The molecule has 0 spiro atoms. The van der Waals surface area contributed by atoms with Crippen molar-refractivity contribution < 1.29 is 9.53 Å². The van der Waals surface area contributed by atoms with Gasteiger partial charge in [0.25, 0.3) is 0 Å². The van der Waals surface area contributed by atoms with Gasteiger partial charge in [0.1, 0.15) is 0 Å². The topological polar surface area (TPSA) is 77.2 Å². The van der Waals surface area contributed by atoms with Crippen LogP contribution >= 0.6 is 0 Å². The standard InChI is InChI=1S/C12H17N3O2/c1-8(9-3-2-4-14-5-9)15-12(16)10-6-17-7-11(10)13/h2-5,8,10-11H,6-7,13H2,1H3,(H,15,16)/t8-,10?,11?/m0/s1. The van der Waals surface area contributed by atoms with Gasteiger partial charge in [-0.1, -0.05) is 6.07 Å². The molecule has 1 fully saturated rings. The lowest BCUT2D eigenvalue weighted by molar-refractivity contribution is -0.125. The number of hydrogen-bond acceptors (Lipinski definition) is 4. The van der Waals surface area contributed by atoms with E-state index >= 15 is 0 Å². The van der Waals surface area contributed by atoms with E-state index in [1.165, 1.54) is 0 Å². The van der Waals surface area contributed by atoms with Crippen LogP contribution in [-0.2, 0) is 9.53 Å². The van der Waals surface area contributed by atoms with E-state index in [9.17, 15) is 4.79 Å². The second kappa shape index (κ2) is 5.25. The molecule has 5 heteroatoms. The predicted molar refractivity (Wildman–Crippen MR) is 63.1 cm³/mol. The fraction of sp³-hybridized carbons (Fsp3) is 0.500. The van der Waals surface area contributed by atoms with E-state index in [4.69, 9.17) is 10.5 Å². The van der Waals surface area contributed by atoms with Gasteiger partial charge in [0.15, 0.2) is 0 Å². The van der Waals surface area contributed by atoms with E-state index in [0.29, 0.717) is 13.2 Å². The molecule has 1 aromatic rings. The highest BCUT2D eigenvalue weighted by Crippen LogP contribution is 2.15. The van der Waals surface area contributed by atoms with Crippen LogP contribution in [0.5, 0.6) is 0 Å². The molecule has 92 valence electrons. The summed E-state index contributed by atoms with van der Waals surface area (Å²) in [5.74, 6) is -0.291. The monoisotopic (exact) mass is 235 g/mol. The van der Waals surface area contributed by atoms with Crippen molar-refractivity contribution in [2.75, 3.05) is 13.2 Å². The molecule has 1 aliphatic rings. The Kier molecular flexibility index (Phi) is 3.71. The average molecular weight is 235 g/mol. The quantitative estimate of drug-likeness (QED) is 0.786. The third-order valence-electron chi connectivity index (χ3n) is 3.00. The van der Waals surface area contributed by atoms with E-state index in [1.807, 2.05) is 19.1 Å². The smallest absolute Gasteiger partial charge is 0.227 e. The Morgan fingerprint density at radius 3 is 3.06 bits per heavy atom. The minimum atomic E-state index is -0.242. The molecule has 2 unspecified atom stereocenters. The number of hydrogen-bond donors (Lipinski definition) is 2. The summed E-state index contributed by atoms with van der Waals surface area (Å²) in [7, 11) is 0. The van der Waals surface area contributed by atoms with Crippen molar-refractivity contribution in [3.8, 4) is 0 Å². The highest BCUT2D eigenvalue weighted by Gasteiger charge is 2.31. The molecule has 0 aliphatic carbocycles. The van der Waals surface area contributed by atoms with Gasteiger partial charge in [-0.2, -0.15) is 0 Å². The summed E-state index contributed by atoms with van der Waals surface area (Å²) in [6, 6.07) is 3.52. The fourth-order valence-electron chi connectivity index (χ4n) is 1.88. The van der Waals surface area contributed by atoms with Gasteiger partial charge < -0.3 is 15.8 Å². The van der Waals surface area contributed by atoms with E-state index < -0.39 is 0 Å². The zero-order valence-electron chi connectivity index (χ0n) is 9.80. The molecule has 1 aromatic heterocycles. The summed E-state index contributed by atoms with van der Waals surface area (Å²) in [5, 5.41) is 2.93. The fourth-order valence-corrected chi connectivity index (χ4v) is 1.88. The van der Waals surface area contributed by atoms with Gasteiger partial charge in [-0.25, -0.2) is 0 Å². The first-order valence-corrected chi connectivity index (χ1v) is 5.72. The molecule has 0 saturated carbocycles. The van der Waals surface area contributed by atoms with E-state index in [2.05, 4.69) is 10.3 Å². The van der Waals surface area contributed by atoms with Crippen molar-refractivity contribution in [1.29, 1.82) is 0 Å². The highest BCUT2D eigenvalue weighted by molar-refractivity contribution is 5.80. The van der Waals surface area contributed by atoms with Crippen LogP contribution in [0.2, 0.25) is 0 Å². The number of carbonyl (C=O) groups excluding carboxylic acids is 1. The van der Waals surface area contributed by atoms with Crippen molar-refractivity contribution in [3.05, 3.63) is 30.1 Å². The third-order valence-corrected chi connectivity index (χ3v) is 3.00. The summed E-state index contributed by atoms with van der Waals surface area (Å²) in [5.41, 5.74) is 6.78. The molecule has 3 atom stereocenters. The number of nitrogens with one attached hydrogen (secondary N) is 1. The van der Waals surface area contributed by atoms with Crippen molar-refractivity contribution in [2.24, 2.45) is 11.7 Å². The second-order valence-electron chi connectivity index (χ2n) is 4.32. The molecule has 1 aliphatic heterocycles. The largest absolute Gasteiger partial charge is 0.379 e. The lowest BCUT2D eigenvalue weighted by Crippen LogP contribution is -2.41. The van der Waals surface area contributed by atoms with Crippen molar-refractivity contribution in [3.63, 3.8) is 0 Å². The van der Waals surface area contributed by atoms with E-state index in [-0.39, 0.29) is 23.9 Å². The predicted octanol–water partition coefficient (Wildman–Crippen LogP) is 0.233. The van der Waals surface area contributed by atoms with Gasteiger partial charge >= 0.3 is 0 Å². The molecule has 0 radical (unpaired) electrons. The summed E-state index contributed by atoms with van der Waals surface area (Å²) < 4.78 is 5.18. The molecule has 3 N–H and O–H groups in total.